The van der Waals surface area contributed by atoms with E-state index in [0.717, 1.165) is 42.4 Å². The van der Waals surface area contributed by atoms with Crippen LogP contribution in [0.25, 0.3) is 10.8 Å². The second-order valence-electron chi connectivity index (χ2n) is 6.07. The molecule has 20 heavy (non-hydrogen) atoms. The topological polar surface area (TPSA) is 62.4 Å². The molecule has 4 nitrogen and oxygen atoms in total. The van der Waals surface area contributed by atoms with Gasteiger partial charge in [0.2, 0.25) is 0 Å². The molecule has 1 aliphatic heterocycles. The summed E-state index contributed by atoms with van der Waals surface area (Å²) in [5, 5.41) is 12.2. The Bertz CT molecular complexity index is 657. The van der Waals surface area contributed by atoms with Gasteiger partial charge >= 0.3 is 0 Å². The molecule has 1 saturated carbocycles. The molecule has 0 spiro atoms. The van der Waals surface area contributed by atoms with Gasteiger partial charge in [-0.3, -0.25) is 4.98 Å². The zero-order valence-corrected chi connectivity index (χ0v) is 11.4. The van der Waals surface area contributed by atoms with Gasteiger partial charge in [-0.2, -0.15) is 0 Å². The lowest BCUT2D eigenvalue weighted by Crippen LogP contribution is -2.24. The summed E-state index contributed by atoms with van der Waals surface area (Å²) in [6.07, 6.45) is 5.67. The lowest BCUT2D eigenvalue weighted by molar-refractivity contribution is 0.133. The van der Waals surface area contributed by atoms with Crippen molar-refractivity contribution in [3.05, 3.63) is 30.6 Å². The summed E-state index contributed by atoms with van der Waals surface area (Å²) in [6.45, 7) is 1.98. The maximum absolute atomic E-state index is 10.1. The predicted molar refractivity (Wildman–Crippen MR) is 80.6 cm³/mol. The maximum atomic E-state index is 10.1. The summed E-state index contributed by atoms with van der Waals surface area (Å²) in [4.78, 5) is 6.63. The van der Waals surface area contributed by atoms with E-state index in [-0.39, 0.29) is 6.10 Å². The van der Waals surface area contributed by atoms with E-state index in [4.69, 9.17) is 5.73 Å². The van der Waals surface area contributed by atoms with Crippen molar-refractivity contribution in [2.75, 3.05) is 23.7 Å². The molecule has 2 fully saturated rings. The standard InChI is InChI=1S/C16H19N3O/c17-14-2-3-15(12-7-18-6-5-11(12)14)19-8-10-1-4-16(20)13(10)9-19/h2-3,5-7,10,13,16,20H,1,4,8-9,17H2. The van der Waals surface area contributed by atoms with Gasteiger partial charge in [-0.25, -0.2) is 0 Å². The molecular weight excluding hydrogens is 250 g/mol. The van der Waals surface area contributed by atoms with E-state index in [2.05, 4.69) is 16.0 Å². The number of pyridine rings is 1. The number of nitrogens with zero attached hydrogens (tertiary/aromatic N) is 2. The fourth-order valence-electron chi connectivity index (χ4n) is 3.91. The van der Waals surface area contributed by atoms with E-state index >= 15 is 0 Å². The van der Waals surface area contributed by atoms with Crippen LogP contribution in [0.4, 0.5) is 11.4 Å². The molecule has 1 aliphatic carbocycles. The van der Waals surface area contributed by atoms with Crippen molar-refractivity contribution >= 4 is 22.1 Å². The highest BCUT2D eigenvalue weighted by Crippen LogP contribution is 2.41. The van der Waals surface area contributed by atoms with Crippen LogP contribution in [-0.2, 0) is 0 Å². The van der Waals surface area contributed by atoms with Gasteiger partial charge in [0.05, 0.1) is 6.10 Å². The van der Waals surface area contributed by atoms with Gasteiger partial charge in [0.1, 0.15) is 0 Å². The molecule has 3 atom stereocenters. The Balaban J connectivity index is 1.75. The molecule has 1 aromatic heterocycles. The number of aliphatic hydroxyl groups is 1. The minimum absolute atomic E-state index is 0.122. The molecule has 4 rings (SSSR count). The highest BCUT2D eigenvalue weighted by atomic mass is 16.3. The van der Waals surface area contributed by atoms with Crippen molar-refractivity contribution in [3.8, 4) is 0 Å². The SMILES string of the molecule is Nc1ccc(N2CC3CCC(O)C3C2)c2cnccc12. The van der Waals surface area contributed by atoms with Gasteiger partial charge in [-0.1, -0.05) is 0 Å². The molecule has 3 unspecified atom stereocenters. The molecule has 0 radical (unpaired) electrons. The molecule has 2 aromatic rings. The molecule has 4 heteroatoms. The number of rotatable bonds is 1. The number of benzene rings is 1. The Morgan fingerprint density at radius 2 is 2.05 bits per heavy atom. The van der Waals surface area contributed by atoms with Crippen molar-refractivity contribution in [3.63, 3.8) is 0 Å². The van der Waals surface area contributed by atoms with Crippen molar-refractivity contribution in [1.82, 2.24) is 4.98 Å². The van der Waals surface area contributed by atoms with Crippen LogP contribution in [0.2, 0.25) is 0 Å². The third kappa shape index (κ3) is 1.68. The molecule has 2 aliphatic rings. The van der Waals surface area contributed by atoms with Crippen LogP contribution in [0.1, 0.15) is 12.8 Å². The maximum Gasteiger partial charge on any atom is 0.0588 e. The first-order chi connectivity index (χ1) is 9.74. The first-order valence-corrected chi connectivity index (χ1v) is 7.29. The summed E-state index contributed by atoms with van der Waals surface area (Å²) < 4.78 is 0. The lowest BCUT2D eigenvalue weighted by Gasteiger charge is -2.22. The van der Waals surface area contributed by atoms with Crippen molar-refractivity contribution in [2.45, 2.75) is 18.9 Å². The van der Waals surface area contributed by atoms with Crippen LogP contribution in [0.5, 0.6) is 0 Å². The average Bonchev–Trinajstić information content (AvgIpc) is 3.02. The number of anilines is 2. The van der Waals surface area contributed by atoms with Crippen LogP contribution >= 0.6 is 0 Å². The molecule has 1 aromatic carbocycles. The van der Waals surface area contributed by atoms with Gasteiger partial charge < -0.3 is 15.7 Å². The summed E-state index contributed by atoms with van der Waals surface area (Å²) in [6, 6.07) is 6.04. The van der Waals surface area contributed by atoms with E-state index in [9.17, 15) is 5.11 Å². The van der Waals surface area contributed by atoms with Gasteiger partial charge in [-0.15, -0.1) is 0 Å². The van der Waals surface area contributed by atoms with E-state index in [0.29, 0.717) is 11.8 Å². The Kier molecular flexibility index (Phi) is 2.60. The van der Waals surface area contributed by atoms with Crippen LogP contribution in [-0.4, -0.2) is 29.3 Å². The van der Waals surface area contributed by atoms with E-state index in [1.807, 2.05) is 18.3 Å². The molecule has 0 amide bonds. The Labute approximate surface area is 118 Å². The van der Waals surface area contributed by atoms with E-state index in [1.165, 1.54) is 5.69 Å². The highest BCUT2D eigenvalue weighted by molar-refractivity contribution is 6.00. The largest absolute Gasteiger partial charge is 0.398 e. The molecular formula is C16H19N3O. The second kappa shape index (κ2) is 4.35. The lowest BCUT2D eigenvalue weighted by atomic mass is 10.00. The van der Waals surface area contributed by atoms with Crippen molar-refractivity contribution in [2.24, 2.45) is 11.8 Å². The number of hydrogen-bond acceptors (Lipinski definition) is 4. The van der Waals surface area contributed by atoms with Gasteiger partial charge in [0, 0.05) is 53.5 Å². The Hall–Kier alpha value is -1.81. The average molecular weight is 269 g/mol. The Morgan fingerprint density at radius 1 is 1.15 bits per heavy atom. The highest BCUT2D eigenvalue weighted by Gasteiger charge is 2.42. The predicted octanol–water partition coefficient (Wildman–Crippen LogP) is 2.02. The van der Waals surface area contributed by atoms with E-state index in [1.54, 1.807) is 6.20 Å². The third-order valence-electron chi connectivity index (χ3n) is 4.99. The number of nitrogen functional groups attached to an aromatic ring is 1. The summed E-state index contributed by atoms with van der Waals surface area (Å²) in [5.74, 6) is 1.06. The number of aromatic nitrogens is 1. The summed E-state index contributed by atoms with van der Waals surface area (Å²) in [5.41, 5.74) is 8.05. The smallest absolute Gasteiger partial charge is 0.0588 e. The van der Waals surface area contributed by atoms with Crippen molar-refractivity contribution in [1.29, 1.82) is 0 Å². The van der Waals surface area contributed by atoms with Gasteiger partial charge in [-0.05, 0) is 37.0 Å². The first-order valence-electron chi connectivity index (χ1n) is 7.29. The minimum atomic E-state index is -0.122. The number of aliphatic hydroxyl groups excluding tert-OH is 1. The monoisotopic (exact) mass is 269 g/mol. The number of hydrogen-bond donors (Lipinski definition) is 2. The van der Waals surface area contributed by atoms with Crippen molar-refractivity contribution < 1.29 is 5.11 Å². The first kappa shape index (κ1) is 12.0. The molecule has 0 bridgehead atoms. The fourth-order valence-corrected chi connectivity index (χ4v) is 3.91. The molecule has 104 valence electrons. The normalized spacial score (nSPS) is 29.1. The number of fused-ring (bicyclic) bond motifs is 2. The number of nitrogens with two attached hydrogens (primary N) is 1. The third-order valence-corrected chi connectivity index (χ3v) is 4.99. The molecule has 1 saturated heterocycles. The molecule has 2 heterocycles. The van der Waals surface area contributed by atoms with Crippen LogP contribution in [0.3, 0.4) is 0 Å². The van der Waals surface area contributed by atoms with E-state index < -0.39 is 0 Å². The zero-order valence-electron chi connectivity index (χ0n) is 11.4. The summed E-state index contributed by atoms with van der Waals surface area (Å²) >= 11 is 0. The van der Waals surface area contributed by atoms with Crippen LogP contribution in [0.15, 0.2) is 30.6 Å². The van der Waals surface area contributed by atoms with Crippen LogP contribution in [0, 0.1) is 11.8 Å². The zero-order chi connectivity index (χ0) is 13.7. The minimum Gasteiger partial charge on any atom is -0.398 e. The van der Waals surface area contributed by atoms with Gasteiger partial charge in [0.25, 0.3) is 0 Å². The van der Waals surface area contributed by atoms with Crippen LogP contribution < -0.4 is 10.6 Å². The second-order valence-corrected chi connectivity index (χ2v) is 6.07. The quantitative estimate of drug-likeness (QED) is 0.778. The fraction of sp³-hybridized carbons (Fsp3) is 0.438. The van der Waals surface area contributed by atoms with Gasteiger partial charge in [0.15, 0.2) is 0 Å². The summed E-state index contributed by atoms with van der Waals surface area (Å²) in [7, 11) is 0. The molecule has 3 N–H and O–H groups in total. The Morgan fingerprint density at radius 3 is 2.90 bits per heavy atom.